The Bertz CT molecular complexity index is 1710. The molecule has 2 atom stereocenters. The first kappa shape index (κ1) is 33.9. The number of ether oxygens (including phenoxy) is 2. The van der Waals surface area contributed by atoms with E-state index in [-0.39, 0.29) is 31.0 Å². The summed E-state index contributed by atoms with van der Waals surface area (Å²) >= 11 is 3.60. The molecule has 47 heavy (non-hydrogen) atoms. The van der Waals surface area contributed by atoms with Crippen molar-refractivity contribution in [2.45, 2.75) is 37.2 Å². The second-order valence-electron chi connectivity index (χ2n) is 10.8. The first-order chi connectivity index (χ1) is 22.7. The number of carbonyl (C=O) groups excluding carboxylic acids is 1. The number of hydrazine groups is 1. The molecule has 0 radical (unpaired) electrons. The number of hydrogen-bond donors (Lipinski definition) is 3. The van der Waals surface area contributed by atoms with Gasteiger partial charge in [-0.05, 0) is 47.5 Å². The van der Waals surface area contributed by atoms with Crippen molar-refractivity contribution in [3.63, 3.8) is 0 Å². The van der Waals surface area contributed by atoms with Gasteiger partial charge in [-0.15, -0.1) is 0 Å². The van der Waals surface area contributed by atoms with Crippen LogP contribution in [0.4, 0.5) is 13.2 Å². The van der Waals surface area contributed by atoms with Crippen LogP contribution in [0.1, 0.15) is 46.8 Å². The highest BCUT2D eigenvalue weighted by atomic mass is 79.9. The third-order valence-corrected chi connectivity index (χ3v) is 8.28. The summed E-state index contributed by atoms with van der Waals surface area (Å²) in [6, 6.07) is 29.1. The third kappa shape index (κ3) is 8.29. The standard InChI is InChI=1S/C36H33BrF3N3O4/c37-31-16-7-5-14-29(31)32-35(21-8-12-25-10-2-1-3-11-25,34(45)43-41-24-27-13-4-6-15-30(27)36(38,39)40)42-33(47-32)26-17-19-28(20-18-26)46-23-9-22-44/h1-8,10-20,32,41,44H,9,21-24H2,(H,43,45)/b12-8+/t32-,35-/m0/s1. The molecule has 1 amide bonds. The summed E-state index contributed by atoms with van der Waals surface area (Å²) in [6.45, 7) is 0.104. The SMILES string of the molecule is O=C(NNCc1ccccc1C(F)(F)F)[C@@]1(C/C=C/c2ccccc2)N=C(c2ccc(OCCCO)cc2)O[C@H]1c1ccccc1Br. The Morgan fingerprint density at radius 1 is 0.979 bits per heavy atom. The molecule has 0 saturated heterocycles. The number of rotatable bonds is 13. The molecule has 1 heterocycles. The van der Waals surface area contributed by atoms with Gasteiger partial charge in [0, 0.05) is 41.6 Å². The molecule has 0 saturated carbocycles. The van der Waals surface area contributed by atoms with Crippen molar-refractivity contribution in [3.05, 3.63) is 141 Å². The van der Waals surface area contributed by atoms with Crippen LogP contribution >= 0.6 is 15.9 Å². The van der Waals surface area contributed by atoms with Gasteiger partial charge in [0.15, 0.2) is 11.6 Å². The Morgan fingerprint density at radius 2 is 1.68 bits per heavy atom. The first-order valence-electron chi connectivity index (χ1n) is 15.0. The molecule has 11 heteroatoms. The molecule has 0 bridgehead atoms. The van der Waals surface area contributed by atoms with Crippen molar-refractivity contribution in [1.82, 2.24) is 10.9 Å². The van der Waals surface area contributed by atoms with E-state index in [0.29, 0.717) is 34.4 Å². The summed E-state index contributed by atoms with van der Waals surface area (Å²) in [4.78, 5) is 19.2. The van der Waals surface area contributed by atoms with E-state index >= 15 is 0 Å². The van der Waals surface area contributed by atoms with Crippen LogP contribution in [0.5, 0.6) is 5.75 Å². The second kappa shape index (κ2) is 15.4. The lowest BCUT2D eigenvalue weighted by molar-refractivity contribution is -0.138. The molecular formula is C36H33BrF3N3O4. The maximum atomic E-state index is 14.3. The summed E-state index contributed by atoms with van der Waals surface area (Å²) in [6.07, 6.45) is -1.13. The number of benzene rings is 4. The largest absolute Gasteiger partial charge is 0.494 e. The van der Waals surface area contributed by atoms with Gasteiger partial charge in [0.05, 0.1) is 12.2 Å². The molecule has 0 aromatic heterocycles. The predicted octanol–water partition coefficient (Wildman–Crippen LogP) is 7.41. The van der Waals surface area contributed by atoms with Gasteiger partial charge in [-0.3, -0.25) is 10.2 Å². The summed E-state index contributed by atoms with van der Waals surface area (Å²) in [5.41, 5.74) is 5.16. The van der Waals surface area contributed by atoms with Crippen molar-refractivity contribution < 1.29 is 32.5 Å². The van der Waals surface area contributed by atoms with Crippen LogP contribution < -0.4 is 15.6 Å². The molecule has 4 aromatic rings. The lowest BCUT2D eigenvalue weighted by Gasteiger charge is -2.30. The molecule has 5 rings (SSSR count). The third-order valence-electron chi connectivity index (χ3n) is 7.56. The summed E-state index contributed by atoms with van der Waals surface area (Å²) in [7, 11) is 0. The number of carbonyl (C=O) groups is 1. The molecule has 0 aliphatic carbocycles. The Labute approximate surface area is 279 Å². The Kier molecular flexibility index (Phi) is 11.1. The number of halogens is 4. The summed E-state index contributed by atoms with van der Waals surface area (Å²) in [5.74, 6) is 0.235. The van der Waals surface area contributed by atoms with Crippen LogP contribution in [0.15, 0.2) is 119 Å². The fraction of sp³-hybridized carbons (Fsp3) is 0.222. The van der Waals surface area contributed by atoms with Gasteiger partial charge in [0.25, 0.3) is 5.91 Å². The first-order valence-corrected chi connectivity index (χ1v) is 15.8. The smallest absolute Gasteiger partial charge is 0.416 e. The van der Waals surface area contributed by atoms with E-state index in [1.165, 1.54) is 18.2 Å². The number of aliphatic imine (C=N–C) groups is 1. The number of amides is 1. The van der Waals surface area contributed by atoms with Gasteiger partial charge in [0.1, 0.15) is 5.75 Å². The normalized spacial score (nSPS) is 17.7. The molecule has 4 aromatic carbocycles. The van der Waals surface area contributed by atoms with E-state index in [2.05, 4.69) is 26.8 Å². The van der Waals surface area contributed by atoms with Crippen LogP contribution in [0.3, 0.4) is 0 Å². The fourth-order valence-electron chi connectivity index (χ4n) is 5.20. The molecule has 0 unspecified atom stereocenters. The molecule has 1 aliphatic heterocycles. The van der Waals surface area contributed by atoms with Gasteiger partial charge in [-0.25, -0.2) is 10.4 Å². The maximum absolute atomic E-state index is 14.3. The van der Waals surface area contributed by atoms with Gasteiger partial charge in [-0.2, -0.15) is 13.2 Å². The van der Waals surface area contributed by atoms with Gasteiger partial charge < -0.3 is 14.6 Å². The van der Waals surface area contributed by atoms with Gasteiger partial charge >= 0.3 is 6.18 Å². The molecule has 3 N–H and O–H groups in total. The minimum Gasteiger partial charge on any atom is -0.494 e. The zero-order chi connectivity index (χ0) is 33.3. The molecule has 7 nitrogen and oxygen atoms in total. The van der Waals surface area contributed by atoms with Crippen molar-refractivity contribution in [2.24, 2.45) is 4.99 Å². The van der Waals surface area contributed by atoms with E-state index in [9.17, 15) is 18.0 Å². The number of nitrogens with zero attached hydrogens (tertiary/aromatic N) is 1. The number of aliphatic hydroxyl groups is 1. The van der Waals surface area contributed by atoms with Crippen LogP contribution in [0, 0.1) is 0 Å². The minimum atomic E-state index is -4.55. The number of alkyl halides is 3. The monoisotopic (exact) mass is 707 g/mol. The Hall–Kier alpha value is -4.45. The highest BCUT2D eigenvalue weighted by Crippen LogP contribution is 2.45. The van der Waals surface area contributed by atoms with E-state index in [0.717, 1.165) is 11.6 Å². The van der Waals surface area contributed by atoms with Crippen molar-refractivity contribution >= 4 is 33.8 Å². The zero-order valence-electron chi connectivity index (χ0n) is 25.2. The van der Waals surface area contributed by atoms with Crippen LogP contribution in [-0.4, -0.2) is 35.7 Å². The van der Waals surface area contributed by atoms with E-state index in [4.69, 9.17) is 19.6 Å². The highest BCUT2D eigenvalue weighted by Gasteiger charge is 2.53. The summed E-state index contributed by atoms with van der Waals surface area (Å²) in [5, 5.41) is 9.04. The van der Waals surface area contributed by atoms with E-state index in [1.807, 2.05) is 66.7 Å². The lowest BCUT2D eigenvalue weighted by Crippen LogP contribution is -2.52. The molecule has 0 spiro atoms. The number of hydrogen-bond acceptors (Lipinski definition) is 6. The average molecular weight is 709 g/mol. The van der Waals surface area contributed by atoms with E-state index < -0.39 is 29.3 Å². The summed E-state index contributed by atoms with van der Waals surface area (Å²) < 4.78 is 53.7. The second-order valence-corrected chi connectivity index (χ2v) is 11.6. The van der Waals surface area contributed by atoms with Crippen molar-refractivity contribution in [2.75, 3.05) is 13.2 Å². The van der Waals surface area contributed by atoms with Crippen LogP contribution in [0.25, 0.3) is 6.08 Å². The maximum Gasteiger partial charge on any atom is 0.416 e. The quantitative estimate of drug-likeness (QED) is 0.0995. The number of aliphatic hydroxyl groups excluding tert-OH is 1. The molecule has 0 fully saturated rings. The molecule has 1 aliphatic rings. The highest BCUT2D eigenvalue weighted by molar-refractivity contribution is 9.10. The van der Waals surface area contributed by atoms with Gasteiger partial charge in [-0.1, -0.05) is 94.8 Å². The zero-order valence-corrected chi connectivity index (χ0v) is 26.8. The predicted molar refractivity (Wildman–Crippen MR) is 177 cm³/mol. The topological polar surface area (TPSA) is 92.2 Å². The van der Waals surface area contributed by atoms with Crippen LogP contribution in [-0.2, 0) is 22.3 Å². The number of nitrogens with one attached hydrogen (secondary N) is 2. The molecular weight excluding hydrogens is 675 g/mol. The fourth-order valence-corrected chi connectivity index (χ4v) is 5.69. The average Bonchev–Trinajstić information content (AvgIpc) is 3.46. The lowest BCUT2D eigenvalue weighted by atomic mass is 9.84. The van der Waals surface area contributed by atoms with Crippen LogP contribution in [0.2, 0.25) is 0 Å². The van der Waals surface area contributed by atoms with Crippen molar-refractivity contribution in [1.29, 1.82) is 0 Å². The Balaban J connectivity index is 1.50. The van der Waals surface area contributed by atoms with E-state index in [1.54, 1.807) is 24.3 Å². The molecule has 244 valence electrons. The minimum absolute atomic E-state index is 0.0196. The Morgan fingerprint density at radius 3 is 2.40 bits per heavy atom. The van der Waals surface area contributed by atoms with Gasteiger partial charge in [0.2, 0.25) is 5.90 Å². The van der Waals surface area contributed by atoms with Crippen molar-refractivity contribution in [3.8, 4) is 5.75 Å².